The smallest absolute Gasteiger partial charge is 0.237 e. The quantitative estimate of drug-likeness (QED) is 0.0571. The summed E-state index contributed by atoms with van der Waals surface area (Å²) in [4.78, 5) is 25.9. The Kier molecular flexibility index (Phi) is 35.6. The van der Waals surface area contributed by atoms with E-state index in [-0.39, 0.29) is 24.7 Å². The van der Waals surface area contributed by atoms with Gasteiger partial charge in [-0.05, 0) is 73.6 Å². The maximum atomic E-state index is 13.1. The molecule has 2 aromatic rings. The van der Waals surface area contributed by atoms with Crippen molar-refractivity contribution < 1.29 is 23.8 Å². The van der Waals surface area contributed by atoms with Gasteiger partial charge in [-0.2, -0.15) is 0 Å². The van der Waals surface area contributed by atoms with Crippen LogP contribution in [-0.4, -0.2) is 37.7 Å². The van der Waals surface area contributed by atoms with Crippen LogP contribution >= 0.6 is 0 Å². The molecule has 0 fully saturated rings. The molecule has 1 atom stereocenters. The minimum absolute atomic E-state index is 0.131. The number of unbranched alkanes of at least 4 members (excludes halogenated alkanes) is 27. The molecule has 0 saturated heterocycles. The normalized spacial score (nSPS) is 11.7. The lowest BCUT2D eigenvalue weighted by Gasteiger charge is -2.15. The van der Waals surface area contributed by atoms with Gasteiger partial charge in [-0.25, -0.2) is 0 Å². The van der Waals surface area contributed by atoms with Crippen molar-refractivity contribution in [2.24, 2.45) is 5.73 Å². The number of amides is 2. The Labute approximate surface area is 393 Å². The summed E-state index contributed by atoms with van der Waals surface area (Å²) < 4.78 is 18.6. The largest absolute Gasteiger partial charge is 0.494 e. The molecule has 366 valence electrons. The highest BCUT2D eigenvalue weighted by Crippen LogP contribution is 2.25. The predicted molar refractivity (Wildman–Crippen MR) is 271 cm³/mol. The highest BCUT2D eigenvalue weighted by atomic mass is 16.5. The number of ether oxygens (including phenoxy) is 3. The van der Waals surface area contributed by atoms with Crippen LogP contribution in [0.2, 0.25) is 0 Å². The molecule has 64 heavy (non-hydrogen) atoms. The second-order valence-electron chi connectivity index (χ2n) is 18.7. The third-order valence-corrected chi connectivity index (χ3v) is 12.3. The second-order valence-corrected chi connectivity index (χ2v) is 18.7. The fourth-order valence-corrected chi connectivity index (χ4v) is 8.27. The Morgan fingerprint density at radius 2 is 0.781 bits per heavy atom. The molecule has 0 radical (unpaired) electrons. The van der Waals surface area contributed by atoms with Crippen LogP contribution in [0.15, 0.2) is 36.4 Å². The fourth-order valence-electron chi connectivity index (χ4n) is 8.27. The van der Waals surface area contributed by atoms with E-state index in [1.165, 1.54) is 173 Å². The highest BCUT2D eigenvalue weighted by molar-refractivity contribution is 5.83. The first-order valence-electron chi connectivity index (χ1n) is 26.8. The molecule has 0 aliphatic heterocycles. The van der Waals surface area contributed by atoms with E-state index in [1.54, 1.807) is 0 Å². The van der Waals surface area contributed by atoms with Gasteiger partial charge in [0.1, 0.15) is 17.2 Å². The molecule has 0 aromatic heterocycles. The average molecular weight is 892 g/mol. The van der Waals surface area contributed by atoms with Gasteiger partial charge in [0.15, 0.2) is 0 Å². The zero-order valence-electron chi connectivity index (χ0n) is 41.8. The van der Waals surface area contributed by atoms with Crippen molar-refractivity contribution in [2.75, 3.05) is 19.8 Å². The van der Waals surface area contributed by atoms with Gasteiger partial charge in [-0.1, -0.05) is 200 Å². The fraction of sp³-hybridized carbons (Fsp3) is 0.750. The Hall–Kier alpha value is -3.26. The van der Waals surface area contributed by atoms with Gasteiger partial charge in [-0.15, -0.1) is 0 Å². The monoisotopic (exact) mass is 892 g/mol. The van der Waals surface area contributed by atoms with E-state index in [2.05, 4.69) is 43.5 Å². The van der Waals surface area contributed by atoms with Crippen LogP contribution in [-0.2, 0) is 22.7 Å². The summed E-state index contributed by atoms with van der Waals surface area (Å²) in [5, 5.41) is 6.00. The topological polar surface area (TPSA) is 112 Å². The number of benzene rings is 2. The standard InChI is InChI=1S/C56H97N3O5/c1-5-8-11-14-17-20-23-26-29-32-37-62-51-41-48(4)40-49(42-51)46-58-55(60)36-35-54(57)56(61)59-47-50-43-52(63-38-33-30-27-24-21-18-15-12-9-6-2)45-53(44-50)64-39-34-31-28-25-22-19-16-13-10-7-3/h40-45,54H,5-39,46-47,57H2,1-4H3,(H,58,60)(H,59,61). The molecule has 2 amide bonds. The zero-order chi connectivity index (χ0) is 46.1. The molecule has 0 spiro atoms. The summed E-state index contributed by atoms with van der Waals surface area (Å²) in [5.74, 6) is 1.97. The molecule has 2 aromatic carbocycles. The SMILES string of the molecule is CCCCCCCCCCCCOc1cc(C)cc(CNC(=O)CCC(N)C(=O)NCc2cc(OCCCCCCCCCCCC)cc(OCCCCCCCCCCCC)c2)c1. The molecule has 0 heterocycles. The minimum Gasteiger partial charge on any atom is -0.494 e. The summed E-state index contributed by atoms with van der Waals surface area (Å²) in [6.07, 6.45) is 39.0. The van der Waals surface area contributed by atoms with E-state index in [1.807, 2.05) is 31.2 Å². The van der Waals surface area contributed by atoms with Crippen molar-refractivity contribution in [1.29, 1.82) is 0 Å². The minimum atomic E-state index is -0.793. The van der Waals surface area contributed by atoms with E-state index in [0.717, 1.165) is 53.2 Å². The van der Waals surface area contributed by atoms with E-state index in [0.29, 0.717) is 32.9 Å². The number of nitrogens with one attached hydrogen (secondary N) is 2. The number of rotatable bonds is 44. The van der Waals surface area contributed by atoms with Crippen LogP contribution in [0.4, 0.5) is 0 Å². The molecule has 4 N–H and O–H groups in total. The number of carbonyl (C=O) groups excluding carboxylic acids is 2. The third-order valence-electron chi connectivity index (χ3n) is 12.3. The summed E-state index contributed by atoms with van der Waals surface area (Å²) >= 11 is 0. The Morgan fingerprint density at radius 1 is 0.453 bits per heavy atom. The van der Waals surface area contributed by atoms with Gasteiger partial charge in [-0.3, -0.25) is 9.59 Å². The maximum absolute atomic E-state index is 13.1. The molecule has 1 unspecified atom stereocenters. The van der Waals surface area contributed by atoms with Crippen molar-refractivity contribution in [3.05, 3.63) is 53.1 Å². The molecule has 0 bridgehead atoms. The summed E-state index contributed by atoms with van der Waals surface area (Å²) in [5.41, 5.74) is 9.30. The van der Waals surface area contributed by atoms with Crippen LogP contribution < -0.4 is 30.6 Å². The van der Waals surface area contributed by atoms with Crippen LogP contribution in [0, 0.1) is 6.92 Å². The first kappa shape index (κ1) is 56.9. The molecule has 0 saturated carbocycles. The predicted octanol–water partition coefficient (Wildman–Crippen LogP) is 14.9. The molecular formula is C56H97N3O5. The van der Waals surface area contributed by atoms with Gasteiger partial charge >= 0.3 is 0 Å². The Balaban J connectivity index is 1.76. The van der Waals surface area contributed by atoms with Gasteiger partial charge in [0.2, 0.25) is 11.8 Å². The van der Waals surface area contributed by atoms with E-state index in [9.17, 15) is 9.59 Å². The summed E-state index contributed by atoms with van der Waals surface area (Å²) in [6, 6.07) is 11.3. The lowest BCUT2D eigenvalue weighted by Crippen LogP contribution is -2.41. The zero-order valence-corrected chi connectivity index (χ0v) is 41.8. The lowest BCUT2D eigenvalue weighted by atomic mass is 10.1. The van der Waals surface area contributed by atoms with Crippen LogP contribution in [0.5, 0.6) is 17.2 Å². The van der Waals surface area contributed by atoms with Crippen LogP contribution in [0.3, 0.4) is 0 Å². The molecule has 8 nitrogen and oxygen atoms in total. The third kappa shape index (κ3) is 31.6. The van der Waals surface area contributed by atoms with Crippen LogP contribution in [0.1, 0.15) is 243 Å². The van der Waals surface area contributed by atoms with Crippen LogP contribution in [0.25, 0.3) is 0 Å². The Bertz CT molecular complexity index is 1390. The molecule has 2 rings (SSSR count). The summed E-state index contributed by atoms with van der Waals surface area (Å²) in [7, 11) is 0. The molecule has 8 heteroatoms. The van der Waals surface area contributed by atoms with Crippen molar-refractivity contribution in [2.45, 2.75) is 252 Å². The average Bonchev–Trinajstić information content (AvgIpc) is 3.29. The van der Waals surface area contributed by atoms with Crippen molar-refractivity contribution >= 4 is 11.8 Å². The molecule has 0 aliphatic rings. The number of hydrogen-bond donors (Lipinski definition) is 3. The van der Waals surface area contributed by atoms with Gasteiger partial charge in [0.25, 0.3) is 0 Å². The van der Waals surface area contributed by atoms with Crippen molar-refractivity contribution in [3.8, 4) is 17.2 Å². The van der Waals surface area contributed by atoms with E-state index >= 15 is 0 Å². The van der Waals surface area contributed by atoms with Crippen molar-refractivity contribution in [3.63, 3.8) is 0 Å². The van der Waals surface area contributed by atoms with E-state index < -0.39 is 6.04 Å². The number of hydrogen-bond acceptors (Lipinski definition) is 6. The number of nitrogens with two attached hydrogens (primary N) is 1. The summed E-state index contributed by atoms with van der Waals surface area (Å²) in [6.45, 7) is 11.6. The molecular weight excluding hydrogens is 795 g/mol. The first-order valence-corrected chi connectivity index (χ1v) is 26.8. The number of carbonyl (C=O) groups is 2. The lowest BCUT2D eigenvalue weighted by molar-refractivity contribution is -0.123. The number of aryl methyl sites for hydroxylation is 1. The Morgan fingerprint density at radius 3 is 1.17 bits per heavy atom. The first-order chi connectivity index (χ1) is 31.3. The molecule has 0 aliphatic carbocycles. The van der Waals surface area contributed by atoms with Crippen molar-refractivity contribution in [1.82, 2.24) is 10.6 Å². The maximum Gasteiger partial charge on any atom is 0.237 e. The van der Waals surface area contributed by atoms with E-state index in [4.69, 9.17) is 19.9 Å². The highest BCUT2D eigenvalue weighted by Gasteiger charge is 2.16. The second kappa shape index (κ2) is 40.1. The van der Waals surface area contributed by atoms with Gasteiger partial charge < -0.3 is 30.6 Å². The van der Waals surface area contributed by atoms with Gasteiger partial charge in [0, 0.05) is 25.6 Å². The van der Waals surface area contributed by atoms with Gasteiger partial charge in [0.05, 0.1) is 25.9 Å².